The number of hydrogen-bond acceptors (Lipinski definition) is 6. The van der Waals surface area contributed by atoms with Crippen molar-refractivity contribution in [2.75, 3.05) is 12.4 Å². The molecular formula is C20H26N6O2S. The first-order valence-electron chi connectivity index (χ1n) is 9.50. The number of rotatable bonds is 8. The van der Waals surface area contributed by atoms with Gasteiger partial charge < -0.3 is 14.6 Å². The van der Waals surface area contributed by atoms with Crippen LogP contribution in [0.25, 0.3) is 11.4 Å². The molecule has 0 fully saturated rings. The largest absolute Gasteiger partial charge is 0.496 e. The maximum absolute atomic E-state index is 12.7. The highest BCUT2D eigenvalue weighted by atomic mass is 32.2. The van der Waals surface area contributed by atoms with Crippen LogP contribution in [0.1, 0.15) is 33.2 Å². The number of nitrogens with one attached hydrogen (secondary N) is 1. The summed E-state index contributed by atoms with van der Waals surface area (Å²) in [4.78, 5) is 12.7. The molecule has 1 amide bonds. The molecule has 9 heteroatoms. The molecule has 0 aliphatic heterocycles. The molecule has 1 aromatic carbocycles. The first kappa shape index (κ1) is 20.9. The molecule has 0 unspecified atom stereocenters. The fourth-order valence-electron chi connectivity index (χ4n) is 2.86. The average molecular weight is 415 g/mol. The first-order chi connectivity index (χ1) is 14.0. The highest BCUT2D eigenvalue weighted by molar-refractivity contribution is 8.00. The smallest absolute Gasteiger partial charge is 0.238 e. The summed E-state index contributed by atoms with van der Waals surface area (Å²) in [6.07, 6.45) is 2.63. The van der Waals surface area contributed by atoms with Gasteiger partial charge in [-0.05, 0) is 32.4 Å². The van der Waals surface area contributed by atoms with E-state index in [0.717, 1.165) is 17.7 Å². The predicted octanol–water partition coefficient (Wildman–Crippen LogP) is 3.78. The Labute approximate surface area is 174 Å². The Morgan fingerprint density at radius 2 is 2.00 bits per heavy atom. The molecule has 0 radical (unpaired) electrons. The highest BCUT2D eigenvalue weighted by Gasteiger charge is 2.22. The van der Waals surface area contributed by atoms with Crippen molar-refractivity contribution in [3.8, 4) is 17.1 Å². The number of anilines is 1. The van der Waals surface area contributed by atoms with Crippen molar-refractivity contribution in [2.45, 2.75) is 43.6 Å². The molecule has 0 saturated heterocycles. The lowest BCUT2D eigenvalue weighted by atomic mass is 10.2. The molecule has 3 aromatic rings. The van der Waals surface area contributed by atoms with E-state index in [1.165, 1.54) is 11.8 Å². The van der Waals surface area contributed by atoms with Crippen LogP contribution in [0.2, 0.25) is 0 Å². The summed E-state index contributed by atoms with van der Waals surface area (Å²) in [5.41, 5.74) is 0.853. The van der Waals surface area contributed by atoms with Gasteiger partial charge in [0.25, 0.3) is 0 Å². The minimum absolute atomic E-state index is 0.109. The van der Waals surface area contributed by atoms with Gasteiger partial charge in [0.1, 0.15) is 11.6 Å². The van der Waals surface area contributed by atoms with E-state index < -0.39 is 0 Å². The van der Waals surface area contributed by atoms with E-state index in [0.29, 0.717) is 16.8 Å². The summed E-state index contributed by atoms with van der Waals surface area (Å²) in [5.74, 6) is 2.00. The summed E-state index contributed by atoms with van der Waals surface area (Å²) in [6, 6.07) is 9.67. The Morgan fingerprint density at radius 3 is 2.72 bits per heavy atom. The Hall–Kier alpha value is -2.81. The second-order valence-corrected chi connectivity index (χ2v) is 8.04. The van der Waals surface area contributed by atoms with E-state index in [1.807, 2.05) is 53.6 Å². The molecule has 1 N–H and O–H groups in total. The highest BCUT2D eigenvalue weighted by Crippen LogP contribution is 2.31. The lowest BCUT2D eigenvalue weighted by Gasteiger charge is -2.16. The molecule has 0 bridgehead atoms. The van der Waals surface area contributed by atoms with Gasteiger partial charge in [0.2, 0.25) is 5.91 Å². The molecule has 3 rings (SSSR count). The van der Waals surface area contributed by atoms with Crippen LogP contribution >= 0.6 is 11.8 Å². The van der Waals surface area contributed by atoms with E-state index in [-0.39, 0.29) is 17.2 Å². The molecule has 0 saturated carbocycles. The number of thioether (sulfide) groups is 1. The number of ether oxygens (including phenoxy) is 1. The van der Waals surface area contributed by atoms with Gasteiger partial charge in [-0.3, -0.25) is 4.79 Å². The summed E-state index contributed by atoms with van der Waals surface area (Å²) in [6.45, 7) is 6.00. The third-order valence-corrected chi connectivity index (χ3v) is 5.90. The van der Waals surface area contributed by atoms with Crippen molar-refractivity contribution in [3.63, 3.8) is 0 Å². The van der Waals surface area contributed by atoms with Crippen LogP contribution in [0.15, 0.2) is 41.7 Å². The quantitative estimate of drug-likeness (QED) is 0.565. The number of aromatic nitrogens is 5. The van der Waals surface area contributed by atoms with Gasteiger partial charge in [0.05, 0.1) is 30.2 Å². The van der Waals surface area contributed by atoms with Crippen LogP contribution in [-0.4, -0.2) is 42.8 Å². The van der Waals surface area contributed by atoms with Crippen LogP contribution in [0.3, 0.4) is 0 Å². The van der Waals surface area contributed by atoms with E-state index in [9.17, 15) is 4.79 Å². The van der Waals surface area contributed by atoms with E-state index in [1.54, 1.807) is 13.3 Å². The number of para-hydroxylation sites is 1. The van der Waals surface area contributed by atoms with Crippen molar-refractivity contribution in [3.05, 3.63) is 36.5 Å². The van der Waals surface area contributed by atoms with Crippen molar-refractivity contribution in [1.29, 1.82) is 0 Å². The van der Waals surface area contributed by atoms with Crippen molar-refractivity contribution < 1.29 is 9.53 Å². The molecule has 0 spiro atoms. The molecule has 154 valence electrons. The predicted molar refractivity (Wildman–Crippen MR) is 114 cm³/mol. The van der Waals surface area contributed by atoms with Gasteiger partial charge in [-0.1, -0.05) is 30.8 Å². The van der Waals surface area contributed by atoms with E-state index >= 15 is 0 Å². The maximum atomic E-state index is 12.7. The number of carbonyl (C=O) groups is 1. The molecule has 0 aliphatic rings. The zero-order valence-corrected chi connectivity index (χ0v) is 18.1. The standard InChI is InChI=1S/C20H26N6O2S/c1-6-13(2)26-17(11-12-21-26)22-19(27)14(3)29-20-24-23-18(25(20)4)15-9-7-8-10-16(15)28-5/h7-14H,6H2,1-5H3,(H,22,27)/t13-,14-/m1/s1. The van der Waals surface area contributed by atoms with Gasteiger partial charge in [0, 0.05) is 13.1 Å². The second-order valence-electron chi connectivity index (χ2n) is 6.73. The van der Waals surface area contributed by atoms with Crippen LogP contribution in [0.5, 0.6) is 5.75 Å². The average Bonchev–Trinajstić information content (AvgIpc) is 3.34. The lowest BCUT2D eigenvalue weighted by Crippen LogP contribution is -2.25. The third-order valence-electron chi connectivity index (χ3n) is 4.76. The zero-order chi connectivity index (χ0) is 21.0. The van der Waals surface area contributed by atoms with Gasteiger partial charge >= 0.3 is 0 Å². The Balaban J connectivity index is 1.73. The summed E-state index contributed by atoms with van der Waals surface area (Å²) < 4.78 is 9.12. The Bertz CT molecular complexity index is 983. The number of nitrogens with zero attached hydrogens (tertiary/aromatic N) is 5. The number of carbonyl (C=O) groups excluding carboxylic acids is 1. The Kier molecular flexibility index (Phi) is 6.58. The van der Waals surface area contributed by atoms with E-state index in [4.69, 9.17) is 4.74 Å². The molecule has 2 aromatic heterocycles. The van der Waals surface area contributed by atoms with Gasteiger partial charge in [-0.2, -0.15) is 5.10 Å². The van der Waals surface area contributed by atoms with Crippen LogP contribution in [-0.2, 0) is 11.8 Å². The summed E-state index contributed by atoms with van der Waals surface area (Å²) >= 11 is 1.36. The fraction of sp³-hybridized carbons (Fsp3) is 0.400. The normalized spacial score (nSPS) is 13.1. The number of benzene rings is 1. The summed E-state index contributed by atoms with van der Waals surface area (Å²) in [5, 5.41) is 16.1. The third kappa shape index (κ3) is 4.45. The monoisotopic (exact) mass is 414 g/mol. The molecule has 8 nitrogen and oxygen atoms in total. The van der Waals surface area contributed by atoms with Gasteiger partial charge in [-0.15, -0.1) is 10.2 Å². The SMILES string of the molecule is CC[C@@H](C)n1nccc1NC(=O)[C@@H](C)Sc1nnc(-c2ccccc2OC)n1C. The molecule has 2 atom stereocenters. The molecular weight excluding hydrogens is 388 g/mol. The topological polar surface area (TPSA) is 86.9 Å². The van der Waals surface area contributed by atoms with Gasteiger partial charge in [-0.25, -0.2) is 4.68 Å². The van der Waals surface area contributed by atoms with Crippen molar-refractivity contribution in [2.24, 2.45) is 7.05 Å². The fourth-order valence-corrected chi connectivity index (χ4v) is 3.67. The van der Waals surface area contributed by atoms with Crippen LogP contribution in [0, 0.1) is 0 Å². The number of methoxy groups -OCH3 is 1. The lowest BCUT2D eigenvalue weighted by molar-refractivity contribution is -0.115. The first-order valence-corrected chi connectivity index (χ1v) is 10.4. The summed E-state index contributed by atoms with van der Waals surface area (Å²) in [7, 11) is 3.51. The van der Waals surface area contributed by atoms with Crippen LogP contribution in [0.4, 0.5) is 5.82 Å². The minimum Gasteiger partial charge on any atom is -0.496 e. The second kappa shape index (κ2) is 9.13. The molecule has 2 heterocycles. The molecule has 0 aliphatic carbocycles. The van der Waals surface area contributed by atoms with Crippen molar-refractivity contribution in [1.82, 2.24) is 24.5 Å². The maximum Gasteiger partial charge on any atom is 0.238 e. The van der Waals surface area contributed by atoms with Crippen LogP contribution < -0.4 is 10.1 Å². The minimum atomic E-state index is -0.358. The zero-order valence-electron chi connectivity index (χ0n) is 17.3. The number of hydrogen-bond donors (Lipinski definition) is 1. The Morgan fingerprint density at radius 1 is 1.24 bits per heavy atom. The molecule has 29 heavy (non-hydrogen) atoms. The number of amides is 1. The van der Waals surface area contributed by atoms with E-state index in [2.05, 4.69) is 34.5 Å². The van der Waals surface area contributed by atoms with Crippen molar-refractivity contribution >= 4 is 23.5 Å². The van der Waals surface area contributed by atoms with Gasteiger partial charge in [0.15, 0.2) is 11.0 Å².